The molecule has 0 amide bonds. The number of rotatable bonds is 2. The molecule has 0 spiro atoms. The van der Waals surface area contributed by atoms with Crippen LogP contribution in [0.15, 0.2) is 23.5 Å². The largest absolute Gasteiger partial charge is 0.377 e. The van der Waals surface area contributed by atoms with Gasteiger partial charge in [-0.1, -0.05) is 13.8 Å². The Bertz CT molecular complexity index is 617. The molecule has 3 heterocycles. The summed E-state index contributed by atoms with van der Waals surface area (Å²) in [6, 6.07) is 2.12. The zero-order valence-electron chi connectivity index (χ0n) is 14.8. The molecule has 3 unspecified atom stereocenters. The van der Waals surface area contributed by atoms with Crippen LogP contribution in [0.2, 0.25) is 0 Å². The molecular formula is C17H27IN6O. The summed E-state index contributed by atoms with van der Waals surface area (Å²) < 4.78 is 5.84. The minimum Gasteiger partial charge on any atom is -0.377 e. The summed E-state index contributed by atoms with van der Waals surface area (Å²) in [5.74, 6) is 2.00. The maximum absolute atomic E-state index is 6.33. The van der Waals surface area contributed by atoms with Gasteiger partial charge in [0.25, 0.3) is 0 Å². The van der Waals surface area contributed by atoms with Crippen molar-refractivity contribution in [3.63, 3.8) is 0 Å². The lowest BCUT2D eigenvalue weighted by Crippen LogP contribution is -2.60. The molecule has 0 radical (unpaired) electrons. The van der Waals surface area contributed by atoms with E-state index in [0.29, 0.717) is 18.0 Å². The van der Waals surface area contributed by atoms with Crippen LogP contribution in [0.3, 0.4) is 0 Å². The van der Waals surface area contributed by atoms with Gasteiger partial charge in [0.1, 0.15) is 0 Å². The van der Waals surface area contributed by atoms with Gasteiger partial charge in [-0.25, -0.2) is 15.0 Å². The second-order valence-corrected chi connectivity index (χ2v) is 7.52. The summed E-state index contributed by atoms with van der Waals surface area (Å²) in [6.07, 6.45) is 5.02. The molecule has 25 heavy (non-hydrogen) atoms. The van der Waals surface area contributed by atoms with Gasteiger partial charge >= 0.3 is 0 Å². The average Bonchev–Trinajstić information content (AvgIpc) is 3.07. The molecule has 3 aliphatic rings. The highest BCUT2D eigenvalue weighted by molar-refractivity contribution is 14.0. The van der Waals surface area contributed by atoms with E-state index in [4.69, 9.17) is 15.5 Å². The van der Waals surface area contributed by atoms with Crippen molar-refractivity contribution in [2.24, 2.45) is 22.1 Å². The third kappa shape index (κ3) is 3.30. The van der Waals surface area contributed by atoms with Gasteiger partial charge in [-0.2, -0.15) is 0 Å². The summed E-state index contributed by atoms with van der Waals surface area (Å²) in [6.45, 7) is 8.78. The Morgan fingerprint density at radius 3 is 2.60 bits per heavy atom. The fourth-order valence-corrected chi connectivity index (χ4v) is 4.37. The molecule has 1 aromatic rings. The average molecular weight is 458 g/mol. The van der Waals surface area contributed by atoms with Gasteiger partial charge in [0.05, 0.1) is 12.1 Å². The van der Waals surface area contributed by atoms with E-state index in [1.54, 1.807) is 12.4 Å². The SMILES string of the molecule is CC1(C)C(N=C(N)N2CCN(c3ncccn3)CC2)C2CCOC21.I. The Kier molecular flexibility index (Phi) is 5.38. The predicted octanol–water partition coefficient (Wildman–Crippen LogP) is 1.34. The molecule has 2 saturated heterocycles. The van der Waals surface area contributed by atoms with Crippen LogP contribution >= 0.6 is 24.0 Å². The molecule has 3 atom stereocenters. The van der Waals surface area contributed by atoms with Gasteiger partial charge in [0.15, 0.2) is 5.96 Å². The quantitative estimate of drug-likeness (QED) is 0.410. The Balaban J connectivity index is 0.00000182. The molecule has 0 aromatic carbocycles. The Hall–Kier alpha value is -1.16. The molecule has 2 N–H and O–H groups in total. The van der Waals surface area contributed by atoms with Gasteiger partial charge in [-0.15, -0.1) is 24.0 Å². The Labute approximate surface area is 166 Å². The Morgan fingerprint density at radius 2 is 1.92 bits per heavy atom. The van der Waals surface area contributed by atoms with Crippen molar-refractivity contribution < 1.29 is 4.74 Å². The van der Waals surface area contributed by atoms with E-state index in [2.05, 4.69) is 33.6 Å². The van der Waals surface area contributed by atoms with Gasteiger partial charge in [0.2, 0.25) is 5.95 Å². The van der Waals surface area contributed by atoms with Gasteiger partial charge in [-0.05, 0) is 12.5 Å². The number of hydrogen-bond acceptors (Lipinski definition) is 5. The molecule has 7 nitrogen and oxygen atoms in total. The minimum atomic E-state index is 0. The summed E-state index contributed by atoms with van der Waals surface area (Å²) >= 11 is 0. The monoisotopic (exact) mass is 458 g/mol. The molecule has 1 aromatic heterocycles. The molecule has 0 bridgehead atoms. The number of ether oxygens (including phenoxy) is 1. The number of hydrogen-bond donors (Lipinski definition) is 1. The highest BCUT2D eigenvalue weighted by atomic mass is 127. The summed E-state index contributed by atoms with van der Waals surface area (Å²) in [5.41, 5.74) is 6.42. The van der Waals surface area contributed by atoms with Gasteiger partial charge in [-0.3, -0.25) is 0 Å². The second kappa shape index (κ2) is 7.22. The molecule has 3 fully saturated rings. The molecule has 138 valence electrons. The maximum Gasteiger partial charge on any atom is 0.225 e. The maximum atomic E-state index is 6.33. The van der Waals surface area contributed by atoms with Crippen molar-refractivity contribution in [3.8, 4) is 0 Å². The van der Waals surface area contributed by atoms with Crippen LogP contribution in [-0.4, -0.2) is 65.8 Å². The zero-order valence-corrected chi connectivity index (χ0v) is 17.2. The number of nitrogens with zero attached hydrogens (tertiary/aromatic N) is 5. The molecule has 8 heteroatoms. The smallest absolute Gasteiger partial charge is 0.225 e. The number of aliphatic imine (C=N–C) groups is 1. The first-order valence-corrected chi connectivity index (χ1v) is 8.79. The van der Waals surface area contributed by atoms with Crippen LogP contribution < -0.4 is 10.6 Å². The van der Waals surface area contributed by atoms with Crippen LogP contribution in [0.4, 0.5) is 5.95 Å². The van der Waals surface area contributed by atoms with Crippen LogP contribution in [0, 0.1) is 11.3 Å². The fourth-order valence-electron chi connectivity index (χ4n) is 4.37. The highest BCUT2D eigenvalue weighted by Crippen LogP contribution is 2.53. The topological polar surface area (TPSA) is 79.9 Å². The highest BCUT2D eigenvalue weighted by Gasteiger charge is 2.59. The first-order valence-electron chi connectivity index (χ1n) is 8.79. The molecule has 4 rings (SSSR count). The third-order valence-electron chi connectivity index (χ3n) is 5.75. The van der Waals surface area contributed by atoms with Crippen LogP contribution in [0.25, 0.3) is 0 Å². The van der Waals surface area contributed by atoms with E-state index >= 15 is 0 Å². The first-order chi connectivity index (χ1) is 11.6. The molecule has 2 aliphatic heterocycles. The number of fused-ring (bicyclic) bond motifs is 1. The predicted molar refractivity (Wildman–Crippen MR) is 108 cm³/mol. The number of nitrogens with two attached hydrogens (primary N) is 1. The third-order valence-corrected chi connectivity index (χ3v) is 5.75. The standard InChI is InChI=1S/C17H26N6O.HI/c1-17(2)13(12-4-11-24-14(12)17)21-15(18)22-7-9-23(10-8-22)16-19-5-3-6-20-16;/h3,5-6,12-14H,4,7-11H2,1-2H3,(H2,18,21);1H. The van der Waals surface area contributed by atoms with Crippen molar-refractivity contribution >= 4 is 35.9 Å². The second-order valence-electron chi connectivity index (χ2n) is 7.52. The number of piperazine rings is 1. The lowest BCUT2D eigenvalue weighted by molar-refractivity contribution is -0.0988. The van der Waals surface area contributed by atoms with Crippen LogP contribution in [0.5, 0.6) is 0 Å². The van der Waals surface area contributed by atoms with Crippen molar-refractivity contribution in [2.75, 3.05) is 37.7 Å². The van der Waals surface area contributed by atoms with Gasteiger partial charge < -0.3 is 20.3 Å². The number of anilines is 1. The summed E-state index contributed by atoms with van der Waals surface area (Å²) in [7, 11) is 0. The lowest BCUT2D eigenvalue weighted by atomic mass is 9.57. The first kappa shape index (κ1) is 18.6. The molecule has 1 aliphatic carbocycles. The molecular weight excluding hydrogens is 431 g/mol. The van der Waals surface area contributed by atoms with E-state index < -0.39 is 0 Å². The van der Waals surface area contributed by atoms with Crippen molar-refractivity contribution in [3.05, 3.63) is 18.5 Å². The van der Waals surface area contributed by atoms with Gasteiger partial charge in [0, 0.05) is 56.5 Å². The number of guanidine groups is 1. The lowest BCUT2D eigenvalue weighted by Gasteiger charge is -2.52. The van der Waals surface area contributed by atoms with Crippen LogP contribution in [0.1, 0.15) is 20.3 Å². The minimum absolute atomic E-state index is 0. The van der Waals surface area contributed by atoms with E-state index in [-0.39, 0.29) is 35.4 Å². The van der Waals surface area contributed by atoms with E-state index in [1.807, 2.05) is 6.07 Å². The van der Waals surface area contributed by atoms with Crippen LogP contribution in [-0.2, 0) is 4.74 Å². The number of aromatic nitrogens is 2. The summed E-state index contributed by atoms with van der Waals surface area (Å²) in [4.78, 5) is 17.9. The van der Waals surface area contributed by atoms with Crippen molar-refractivity contribution in [2.45, 2.75) is 32.4 Å². The zero-order chi connectivity index (χ0) is 16.7. The van der Waals surface area contributed by atoms with E-state index in [9.17, 15) is 0 Å². The van der Waals surface area contributed by atoms with E-state index in [0.717, 1.165) is 45.2 Å². The summed E-state index contributed by atoms with van der Waals surface area (Å²) in [5, 5.41) is 0. The Morgan fingerprint density at radius 1 is 1.24 bits per heavy atom. The van der Waals surface area contributed by atoms with Crippen molar-refractivity contribution in [1.82, 2.24) is 14.9 Å². The fraction of sp³-hybridized carbons (Fsp3) is 0.706. The molecule has 1 saturated carbocycles. The normalized spacial score (nSPS) is 31.1. The van der Waals surface area contributed by atoms with E-state index in [1.165, 1.54) is 0 Å². The van der Waals surface area contributed by atoms with Crippen molar-refractivity contribution in [1.29, 1.82) is 0 Å². The number of halogens is 1.